The third kappa shape index (κ3) is 3.19. The molecule has 0 bridgehead atoms. The van der Waals surface area contributed by atoms with Crippen molar-refractivity contribution in [2.45, 2.75) is 31.4 Å². The summed E-state index contributed by atoms with van der Waals surface area (Å²) in [5, 5.41) is 3.22. The third-order valence-corrected chi connectivity index (χ3v) is 4.90. The zero-order valence-electron chi connectivity index (χ0n) is 11.4. The van der Waals surface area contributed by atoms with E-state index in [1.54, 1.807) is 0 Å². The van der Waals surface area contributed by atoms with Gasteiger partial charge in [0.1, 0.15) is 0 Å². The van der Waals surface area contributed by atoms with Crippen LogP contribution >= 0.6 is 11.8 Å². The highest BCUT2D eigenvalue weighted by atomic mass is 32.2. The van der Waals surface area contributed by atoms with Crippen molar-refractivity contribution in [2.24, 2.45) is 0 Å². The maximum absolute atomic E-state index is 11.5. The van der Waals surface area contributed by atoms with Crippen molar-refractivity contribution in [1.29, 1.82) is 0 Å². The van der Waals surface area contributed by atoms with Crippen molar-refractivity contribution < 1.29 is 4.74 Å². The molecule has 1 rings (SSSR count). The van der Waals surface area contributed by atoms with Gasteiger partial charge in [0, 0.05) is 11.3 Å². The minimum atomic E-state index is -0.266. The maximum atomic E-state index is 11.5. The number of aromatic nitrogens is 2. The Kier molecular flexibility index (Phi) is 5.53. The Morgan fingerprint density at radius 2 is 2.17 bits per heavy atom. The minimum absolute atomic E-state index is 0.162. The van der Waals surface area contributed by atoms with Crippen molar-refractivity contribution in [3.8, 4) is 5.75 Å². The molecule has 0 aliphatic carbocycles. The van der Waals surface area contributed by atoms with Crippen LogP contribution in [-0.2, 0) is 0 Å². The van der Waals surface area contributed by atoms with E-state index in [0.717, 1.165) is 19.4 Å². The van der Waals surface area contributed by atoms with Crippen molar-refractivity contribution in [3.63, 3.8) is 0 Å². The number of nitrogens with zero attached hydrogens (tertiary/aromatic N) is 1. The van der Waals surface area contributed by atoms with Crippen molar-refractivity contribution in [3.05, 3.63) is 16.7 Å². The molecule has 0 aliphatic rings. The van der Waals surface area contributed by atoms with Crippen LogP contribution in [-0.4, -0.2) is 34.6 Å². The Morgan fingerprint density at radius 3 is 2.67 bits per heavy atom. The minimum Gasteiger partial charge on any atom is -0.489 e. The van der Waals surface area contributed by atoms with Gasteiger partial charge in [0.25, 0.3) is 5.56 Å². The number of methoxy groups -OCH3 is 1. The van der Waals surface area contributed by atoms with Gasteiger partial charge < -0.3 is 15.0 Å². The number of aromatic amines is 1. The fraction of sp³-hybridized carbons (Fsp3) is 0.667. The van der Waals surface area contributed by atoms with Gasteiger partial charge in [-0.3, -0.25) is 4.79 Å². The predicted molar refractivity (Wildman–Crippen MR) is 76.7 cm³/mol. The molecule has 0 aromatic carbocycles. The SMILES string of the molecule is CCC(CC)(CNc1nc[nH]c(=O)c1OC)SC. The quantitative estimate of drug-likeness (QED) is 0.795. The fourth-order valence-corrected chi connectivity index (χ4v) is 2.60. The molecule has 0 fully saturated rings. The van der Waals surface area contributed by atoms with Crippen LogP contribution in [0.25, 0.3) is 0 Å². The van der Waals surface area contributed by atoms with E-state index in [4.69, 9.17) is 4.74 Å². The first kappa shape index (κ1) is 14.9. The van der Waals surface area contributed by atoms with Gasteiger partial charge in [-0.15, -0.1) is 0 Å². The summed E-state index contributed by atoms with van der Waals surface area (Å²) in [5.74, 6) is 0.737. The van der Waals surface area contributed by atoms with Crippen LogP contribution in [0.15, 0.2) is 11.1 Å². The molecular weight excluding hydrogens is 250 g/mol. The van der Waals surface area contributed by atoms with Gasteiger partial charge in [0.15, 0.2) is 5.82 Å². The lowest BCUT2D eigenvalue weighted by Crippen LogP contribution is -2.32. The van der Waals surface area contributed by atoms with E-state index in [1.165, 1.54) is 13.4 Å². The molecule has 0 spiro atoms. The lowest BCUT2D eigenvalue weighted by molar-refractivity contribution is 0.407. The molecule has 0 unspecified atom stereocenters. The van der Waals surface area contributed by atoms with Gasteiger partial charge in [-0.1, -0.05) is 13.8 Å². The second-order valence-electron chi connectivity index (χ2n) is 4.06. The molecule has 0 radical (unpaired) electrons. The smallest absolute Gasteiger partial charge is 0.295 e. The molecule has 0 aliphatic heterocycles. The van der Waals surface area contributed by atoms with Gasteiger partial charge in [-0.05, 0) is 19.1 Å². The van der Waals surface area contributed by atoms with E-state index in [9.17, 15) is 4.79 Å². The number of H-pyrrole nitrogens is 1. The lowest BCUT2D eigenvalue weighted by Gasteiger charge is -2.30. The molecule has 0 saturated carbocycles. The predicted octanol–water partition coefficient (Wildman–Crippen LogP) is 2.11. The van der Waals surface area contributed by atoms with Crippen molar-refractivity contribution in [2.75, 3.05) is 25.2 Å². The number of hydrogen-bond donors (Lipinski definition) is 2. The molecule has 1 heterocycles. The second-order valence-corrected chi connectivity index (χ2v) is 5.34. The van der Waals surface area contributed by atoms with E-state index >= 15 is 0 Å². The molecule has 0 amide bonds. The van der Waals surface area contributed by atoms with Crippen molar-refractivity contribution in [1.82, 2.24) is 9.97 Å². The second kappa shape index (κ2) is 6.68. The molecule has 5 nitrogen and oxygen atoms in total. The number of hydrogen-bond acceptors (Lipinski definition) is 5. The van der Waals surface area contributed by atoms with Crippen LogP contribution in [0.1, 0.15) is 26.7 Å². The first-order valence-corrected chi connectivity index (χ1v) is 7.25. The van der Waals surface area contributed by atoms with Gasteiger partial charge in [0.2, 0.25) is 5.75 Å². The zero-order valence-corrected chi connectivity index (χ0v) is 12.2. The molecule has 102 valence electrons. The Balaban J connectivity index is 2.86. The highest BCUT2D eigenvalue weighted by molar-refractivity contribution is 8.00. The average Bonchev–Trinajstić information content (AvgIpc) is 2.41. The van der Waals surface area contributed by atoms with Crippen LogP contribution < -0.4 is 15.6 Å². The standard InChI is InChI=1S/C12H21N3O2S/c1-5-12(6-2,18-4)7-13-10-9(17-3)11(16)15-8-14-10/h8H,5-7H2,1-4H3,(H2,13,14,15,16). The number of ether oxygens (including phenoxy) is 1. The third-order valence-electron chi connectivity index (χ3n) is 3.31. The highest BCUT2D eigenvalue weighted by Gasteiger charge is 2.25. The average molecular weight is 271 g/mol. The summed E-state index contributed by atoms with van der Waals surface area (Å²) in [6.45, 7) is 5.10. The van der Waals surface area contributed by atoms with E-state index in [1.807, 2.05) is 11.8 Å². The maximum Gasteiger partial charge on any atom is 0.295 e. The van der Waals surface area contributed by atoms with E-state index in [2.05, 4.69) is 35.4 Å². The molecule has 2 N–H and O–H groups in total. The first-order valence-electron chi connectivity index (χ1n) is 6.03. The van der Waals surface area contributed by atoms with Crippen LogP contribution in [0.4, 0.5) is 5.82 Å². The van der Waals surface area contributed by atoms with Gasteiger partial charge in [0.05, 0.1) is 13.4 Å². The van der Waals surface area contributed by atoms with Crippen LogP contribution in [0.2, 0.25) is 0 Å². The highest BCUT2D eigenvalue weighted by Crippen LogP contribution is 2.31. The molecule has 0 saturated heterocycles. The molecule has 6 heteroatoms. The Bertz CT molecular complexity index is 421. The summed E-state index contributed by atoms with van der Waals surface area (Å²) in [5.41, 5.74) is -0.266. The summed E-state index contributed by atoms with van der Waals surface area (Å²) in [7, 11) is 1.47. The monoisotopic (exact) mass is 271 g/mol. The number of anilines is 1. The van der Waals surface area contributed by atoms with Crippen LogP contribution in [0.5, 0.6) is 5.75 Å². The Hall–Kier alpha value is -1.17. The summed E-state index contributed by atoms with van der Waals surface area (Å²) in [4.78, 5) is 18.1. The summed E-state index contributed by atoms with van der Waals surface area (Å²) >= 11 is 1.84. The number of rotatable bonds is 7. The molecule has 1 aromatic rings. The van der Waals surface area contributed by atoms with Gasteiger partial charge in [-0.25, -0.2) is 4.98 Å². The summed E-state index contributed by atoms with van der Waals surface area (Å²) in [6.07, 6.45) is 5.61. The summed E-state index contributed by atoms with van der Waals surface area (Å²) < 4.78 is 5.23. The first-order chi connectivity index (χ1) is 8.62. The topological polar surface area (TPSA) is 67.0 Å². The normalized spacial score (nSPS) is 11.3. The van der Waals surface area contributed by atoms with E-state index < -0.39 is 0 Å². The van der Waals surface area contributed by atoms with Crippen LogP contribution in [0, 0.1) is 0 Å². The largest absolute Gasteiger partial charge is 0.489 e. The van der Waals surface area contributed by atoms with E-state index in [0.29, 0.717) is 5.82 Å². The Morgan fingerprint density at radius 1 is 1.50 bits per heavy atom. The summed E-state index contributed by atoms with van der Waals surface area (Å²) in [6, 6.07) is 0. The lowest BCUT2D eigenvalue weighted by atomic mass is 10.0. The van der Waals surface area contributed by atoms with Crippen LogP contribution in [0.3, 0.4) is 0 Å². The fourth-order valence-electron chi connectivity index (χ4n) is 1.81. The van der Waals surface area contributed by atoms with Gasteiger partial charge >= 0.3 is 0 Å². The molecular formula is C12H21N3O2S. The number of nitrogens with one attached hydrogen (secondary N) is 2. The molecule has 1 aromatic heterocycles. The molecule has 0 atom stereocenters. The number of thioether (sulfide) groups is 1. The molecule has 18 heavy (non-hydrogen) atoms. The Labute approximate surface area is 112 Å². The zero-order chi connectivity index (χ0) is 13.6. The van der Waals surface area contributed by atoms with E-state index in [-0.39, 0.29) is 16.1 Å². The van der Waals surface area contributed by atoms with Crippen molar-refractivity contribution >= 4 is 17.6 Å². The van der Waals surface area contributed by atoms with Gasteiger partial charge in [-0.2, -0.15) is 11.8 Å².